The average Bonchev–Trinajstić information content (AvgIpc) is 3.02. The number of anilines is 1. The molecule has 3 rings (SSSR count). The second-order valence-corrected chi connectivity index (χ2v) is 7.10. The number of nitrogens with zero attached hydrogens (tertiary/aromatic N) is 3. The molecular formula is C16H18N4OS. The lowest BCUT2D eigenvalue weighted by molar-refractivity contribution is 0.102. The molecular weight excluding hydrogens is 296 g/mol. The predicted molar refractivity (Wildman–Crippen MR) is 88.7 cm³/mol. The highest BCUT2D eigenvalue weighted by molar-refractivity contribution is 7.13. The van der Waals surface area contributed by atoms with Gasteiger partial charge in [-0.2, -0.15) is 0 Å². The number of imidazole rings is 1. The first kappa shape index (κ1) is 14.7. The summed E-state index contributed by atoms with van der Waals surface area (Å²) in [7, 11) is 0. The van der Waals surface area contributed by atoms with Crippen LogP contribution in [-0.4, -0.2) is 20.3 Å². The molecule has 5 nitrogen and oxygen atoms in total. The molecule has 0 saturated carbocycles. The van der Waals surface area contributed by atoms with Gasteiger partial charge in [-0.15, -0.1) is 11.3 Å². The largest absolute Gasteiger partial charge is 0.302 e. The van der Waals surface area contributed by atoms with E-state index in [9.17, 15) is 4.79 Å². The summed E-state index contributed by atoms with van der Waals surface area (Å²) in [5.41, 5.74) is 1.97. The van der Waals surface area contributed by atoms with Crippen molar-refractivity contribution in [2.24, 2.45) is 0 Å². The fraction of sp³-hybridized carbons (Fsp3) is 0.312. The Labute approximate surface area is 133 Å². The quantitative estimate of drug-likeness (QED) is 0.785. The third kappa shape index (κ3) is 2.62. The molecule has 0 atom stereocenters. The lowest BCUT2D eigenvalue weighted by Crippen LogP contribution is -2.16. The van der Waals surface area contributed by atoms with Crippen molar-refractivity contribution >= 4 is 27.9 Å². The maximum absolute atomic E-state index is 12.6. The molecule has 0 aliphatic rings. The molecule has 1 N–H and O–H groups in total. The second-order valence-electron chi connectivity index (χ2n) is 6.24. The van der Waals surface area contributed by atoms with Gasteiger partial charge in [0.25, 0.3) is 5.91 Å². The van der Waals surface area contributed by atoms with Crippen LogP contribution in [0, 0.1) is 6.92 Å². The Kier molecular flexibility index (Phi) is 3.48. The van der Waals surface area contributed by atoms with Crippen molar-refractivity contribution in [3.63, 3.8) is 0 Å². The van der Waals surface area contributed by atoms with E-state index in [1.807, 2.05) is 41.1 Å². The van der Waals surface area contributed by atoms with Crippen molar-refractivity contribution in [2.45, 2.75) is 33.1 Å². The molecule has 0 bridgehead atoms. The van der Waals surface area contributed by atoms with Crippen molar-refractivity contribution in [3.05, 3.63) is 47.0 Å². The fourth-order valence-corrected chi connectivity index (χ4v) is 2.98. The van der Waals surface area contributed by atoms with Gasteiger partial charge in [0.2, 0.25) is 0 Å². The van der Waals surface area contributed by atoms with Crippen LogP contribution in [-0.2, 0) is 5.41 Å². The molecule has 0 aliphatic carbocycles. The smallest absolute Gasteiger partial charge is 0.278 e. The number of fused-ring (bicyclic) bond motifs is 1. The van der Waals surface area contributed by atoms with Crippen molar-refractivity contribution in [1.29, 1.82) is 0 Å². The molecule has 0 saturated heterocycles. The Morgan fingerprint density at radius 3 is 2.68 bits per heavy atom. The van der Waals surface area contributed by atoms with Gasteiger partial charge < -0.3 is 4.40 Å². The summed E-state index contributed by atoms with van der Waals surface area (Å²) in [6.07, 6.45) is 1.94. The Bertz CT molecular complexity index is 841. The molecule has 1 amide bonds. The van der Waals surface area contributed by atoms with Crippen LogP contribution in [0.3, 0.4) is 0 Å². The molecule has 0 fully saturated rings. The summed E-state index contributed by atoms with van der Waals surface area (Å²) in [6, 6.07) is 5.76. The number of rotatable bonds is 2. The Morgan fingerprint density at radius 2 is 2.05 bits per heavy atom. The van der Waals surface area contributed by atoms with Crippen LogP contribution in [0.2, 0.25) is 0 Å². The van der Waals surface area contributed by atoms with Crippen molar-refractivity contribution in [1.82, 2.24) is 14.4 Å². The predicted octanol–water partition coefficient (Wildman–Crippen LogP) is 3.65. The van der Waals surface area contributed by atoms with E-state index in [0.717, 1.165) is 17.0 Å². The first-order chi connectivity index (χ1) is 10.4. The van der Waals surface area contributed by atoms with Gasteiger partial charge in [-0.1, -0.05) is 26.8 Å². The summed E-state index contributed by atoms with van der Waals surface area (Å²) in [4.78, 5) is 21.4. The van der Waals surface area contributed by atoms with E-state index in [0.29, 0.717) is 10.8 Å². The van der Waals surface area contributed by atoms with Gasteiger partial charge in [0.1, 0.15) is 5.82 Å². The number of aromatic nitrogens is 3. The van der Waals surface area contributed by atoms with E-state index in [1.165, 1.54) is 11.3 Å². The summed E-state index contributed by atoms with van der Waals surface area (Å²) >= 11 is 1.41. The minimum atomic E-state index is -0.228. The monoisotopic (exact) mass is 314 g/mol. The first-order valence-corrected chi connectivity index (χ1v) is 7.95. The lowest BCUT2D eigenvalue weighted by atomic mass is 9.96. The maximum Gasteiger partial charge on any atom is 0.278 e. The maximum atomic E-state index is 12.6. The summed E-state index contributed by atoms with van der Waals surface area (Å²) in [5, 5.41) is 5.33. The van der Waals surface area contributed by atoms with E-state index < -0.39 is 0 Å². The summed E-state index contributed by atoms with van der Waals surface area (Å²) in [6.45, 7) is 8.15. The Morgan fingerprint density at radius 1 is 1.27 bits per heavy atom. The van der Waals surface area contributed by atoms with E-state index in [2.05, 4.69) is 36.1 Å². The van der Waals surface area contributed by atoms with E-state index in [4.69, 9.17) is 0 Å². The van der Waals surface area contributed by atoms with Crippen molar-refractivity contribution in [2.75, 3.05) is 5.32 Å². The van der Waals surface area contributed by atoms with Gasteiger partial charge >= 0.3 is 0 Å². The van der Waals surface area contributed by atoms with Gasteiger partial charge in [-0.3, -0.25) is 10.1 Å². The van der Waals surface area contributed by atoms with Gasteiger partial charge in [0.05, 0.1) is 11.2 Å². The van der Waals surface area contributed by atoms with E-state index in [-0.39, 0.29) is 11.3 Å². The number of pyridine rings is 1. The molecule has 0 aliphatic heterocycles. The zero-order valence-electron chi connectivity index (χ0n) is 13.0. The number of thiazole rings is 1. The average molecular weight is 314 g/mol. The lowest BCUT2D eigenvalue weighted by Gasteiger charge is -2.16. The Hall–Kier alpha value is -2.21. The third-order valence-corrected chi connectivity index (χ3v) is 4.15. The topological polar surface area (TPSA) is 59.3 Å². The SMILES string of the molecule is Cc1csc(NC(=O)c2nc(C(C)(C)C)n3ccccc23)n1. The highest BCUT2D eigenvalue weighted by Gasteiger charge is 2.25. The van der Waals surface area contributed by atoms with E-state index in [1.54, 1.807) is 0 Å². The van der Waals surface area contributed by atoms with Crippen LogP contribution >= 0.6 is 11.3 Å². The fourth-order valence-electron chi connectivity index (χ4n) is 2.30. The van der Waals surface area contributed by atoms with Crippen LogP contribution in [0.15, 0.2) is 29.8 Å². The van der Waals surface area contributed by atoms with Crippen LogP contribution in [0.1, 0.15) is 42.8 Å². The zero-order valence-corrected chi connectivity index (χ0v) is 13.9. The summed E-state index contributed by atoms with van der Waals surface area (Å²) in [5.74, 6) is 0.636. The Balaban J connectivity index is 2.05. The number of aryl methyl sites for hydroxylation is 1. The van der Waals surface area contributed by atoms with Crippen LogP contribution in [0.25, 0.3) is 5.52 Å². The number of nitrogens with one attached hydrogen (secondary N) is 1. The summed E-state index contributed by atoms with van der Waals surface area (Å²) < 4.78 is 1.97. The molecule has 0 radical (unpaired) electrons. The highest BCUT2D eigenvalue weighted by Crippen LogP contribution is 2.25. The molecule has 6 heteroatoms. The minimum Gasteiger partial charge on any atom is -0.302 e. The van der Waals surface area contributed by atoms with Gasteiger partial charge in [-0.25, -0.2) is 9.97 Å². The molecule has 0 unspecified atom stereocenters. The number of hydrogen-bond donors (Lipinski definition) is 1. The standard InChI is InChI=1S/C16H18N4OS/c1-10-9-22-15(17-10)19-13(21)12-11-7-5-6-8-20(11)14(18-12)16(2,3)4/h5-9H,1-4H3,(H,17,19,21). The number of carbonyl (C=O) groups is 1. The minimum absolute atomic E-state index is 0.152. The molecule has 0 spiro atoms. The normalized spacial score (nSPS) is 11.8. The molecule has 3 heterocycles. The molecule has 3 aromatic rings. The van der Waals surface area contributed by atoms with Crippen molar-refractivity contribution in [3.8, 4) is 0 Å². The van der Waals surface area contributed by atoms with Gasteiger partial charge in [0, 0.05) is 17.0 Å². The van der Waals surface area contributed by atoms with Crippen LogP contribution in [0.5, 0.6) is 0 Å². The zero-order chi connectivity index (χ0) is 15.9. The molecule has 114 valence electrons. The van der Waals surface area contributed by atoms with E-state index >= 15 is 0 Å². The first-order valence-electron chi connectivity index (χ1n) is 7.07. The van der Waals surface area contributed by atoms with Crippen molar-refractivity contribution < 1.29 is 4.79 Å². The van der Waals surface area contributed by atoms with Crippen LogP contribution in [0.4, 0.5) is 5.13 Å². The van der Waals surface area contributed by atoms with Gasteiger partial charge in [0.15, 0.2) is 10.8 Å². The molecule has 3 aromatic heterocycles. The number of carbonyl (C=O) groups excluding carboxylic acids is 1. The third-order valence-electron chi connectivity index (χ3n) is 3.27. The second kappa shape index (κ2) is 5.21. The van der Waals surface area contributed by atoms with Crippen LogP contribution < -0.4 is 5.32 Å². The highest BCUT2D eigenvalue weighted by atomic mass is 32.1. The number of hydrogen-bond acceptors (Lipinski definition) is 4. The molecule has 0 aromatic carbocycles. The van der Waals surface area contributed by atoms with Gasteiger partial charge in [-0.05, 0) is 19.1 Å². The number of amides is 1. The molecule has 22 heavy (non-hydrogen) atoms.